The van der Waals surface area contributed by atoms with Crippen LogP contribution in [0.1, 0.15) is 57.7 Å². The molecule has 34 heavy (non-hydrogen) atoms. The van der Waals surface area contributed by atoms with E-state index in [1.54, 1.807) is 0 Å². The van der Waals surface area contributed by atoms with Gasteiger partial charge in [0.25, 0.3) is 0 Å². The van der Waals surface area contributed by atoms with Gasteiger partial charge in [0.2, 0.25) is 5.91 Å². The summed E-state index contributed by atoms with van der Waals surface area (Å²) in [7, 11) is 1.33. The second-order valence-electron chi connectivity index (χ2n) is 7.91. The van der Waals surface area contributed by atoms with Crippen molar-refractivity contribution in [3.05, 3.63) is 51.2 Å². The number of carbonyl (C=O) groups excluding carboxylic acids is 2. The van der Waals surface area contributed by atoms with E-state index < -0.39 is 5.97 Å². The Morgan fingerprint density at radius 3 is 2.56 bits per heavy atom. The minimum Gasteiger partial charge on any atom is -0.483 e. The molecule has 0 radical (unpaired) electrons. The Kier molecular flexibility index (Phi) is 8.37. The number of carbonyl (C=O) groups is 2. The molecule has 3 aromatic rings. The number of ether oxygens (including phenoxy) is 2. The Morgan fingerprint density at radius 1 is 1.18 bits per heavy atom. The van der Waals surface area contributed by atoms with Crippen molar-refractivity contribution in [3.63, 3.8) is 0 Å². The normalized spacial score (nSPS) is 11.9. The van der Waals surface area contributed by atoms with Crippen LogP contribution in [0.25, 0.3) is 0 Å². The number of thioether (sulfide) groups is 1. The molecule has 2 aromatic heterocycles. The molecule has 0 aliphatic heterocycles. The number of nitrogens with one attached hydrogen (secondary N) is 1. The number of aryl methyl sites for hydroxylation is 3. The standard InChI is InChI=1S/C24H30N4O4S2/c1-8-28-21(16(5)32-18-10-9-13(2)14(3)11-18)26-27-24(28)33-12-19(29)25-22-20(23(30)31-7)15(4)17(6)34-22/h9-11,16H,8,12H2,1-7H3,(H,25,29). The van der Waals surface area contributed by atoms with Crippen molar-refractivity contribution in [2.24, 2.45) is 0 Å². The second kappa shape index (κ2) is 11.1. The molecule has 182 valence electrons. The van der Waals surface area contributed by atoms with E-state index >= 15 is 0 Å². The Hall–Kier alpha value is -2.85. The Morgan fingerprint density at radius 2 is 1.91 bits per heavy atom. The number of aromatic nitrogens is 3. The zero-order valence-electron chi connectivity index (χ0n) is 20.5. The first-order valence-corrected chi connectivity index (χ1v) is 12.7. The fourth-order valence-corrected chi connectivity index (χ4v) is 5.28. The van der Waals surface area contributed by atoms with Gasteiger partial charge in [-0.3, -0.25) is 4.79 Å². The largest absolute Gasteiger partial charge is 0.483 e. The molecule has 8 nitrogen and oxygen atoms in total. The van der Waals surface area contributed by atoms with Crippen LogP contribution < -0.4 is 10.1 Å². The number of hydrogen-bond donors (Lipinski definition) is 1. The van der Waals surface area contributed by atoms with Gasteiger partial charge in [0.05, 0.1) is 18.4 Å². The maximum absolute atomic E-state index is 12.7. The molecule has 0 aliphatic rings. The molecule has 0 aliphatic carbocycles. The average molecular weight is 503 g/mol. The predicted octanol–water partition coefficient (Wildman–Crippen LogP) is 5.25. The Labute approximate surface area is 208 Å². The number of rotatable bonds is 9. The van der Waals surface area contributed by atoms with Gasteiger partial charge in [0.1, 0.15) is 10.8 Å². The van der Waals surface area contributed by atoms with Crippen molar-refractivity contribution < 1.29 is 19.1 Å². The summed E-state index contributed by atoms with van der Waals surface area (Å²) in [5, 5.41) is 12.6. The van der Waals surface area contributed by atoms with E-state index in [1.165, 1.54) is 35.8 Å². The maximum Gasteiger partial charge on any atom is 0.341 e. The van der Waals surface area contributed by atoms with Crippen molar-refractivity contribution in [3.8, 4) is 5.75 Å². The lowest BCUT2D eigenvalue weighted by atomic mass is 10.1. The van der Waals surface area contributed by atoms with Crippen LogP contribution in [0.3, 0.4) is 0 Å². The second-order valence-corrected chi connectivity index (χ2v) is 10.1. The first-order valence-electron chi connectivity index (χ1n) is 10.9. The molecule has 1 atom stereocenters. The summed E-state index contributed by atoms with van der Waals surface area (Å²) in [4.78, 5) is 25.7. The minimum atomic E-state index is -0.460. The van der Waals surface area contributed by atoms with Crippen LogP contribution in [-0.2, 0) is 16.1 Å². The molecule has 1 amide bonds. The maximum atomic E-state index is 12.7. The van der Waals surface area contributed by atoms with Gasteiger partial charge in [-0.15, -0.1) is 21.5 Å². The summed E-state index contributed by atoms with van der Waals surface area (Å²) in [6.45, 7) is 12.4. The molecule has 0 saturated heterocycles. The monoisotopic (exact) mass is 502 g/mol. The molecular weight excluding hydrogens is 472 g/mol. The highest BCUT2D eigenvalue weighted by atomic mass is 32.2. The molecular formula is C24H30N4O4S2. The van der Waals surface area contributed by atoms with Crippen LogP contribution in [0.4, 0.5) is 5.00 Å². The van der Waals surface area contributed by atoms with Crippen LogP contribution in [0, 0.1) is 27.7 Å². The summed E-state index contributed by atoms with van der Waals surface area (Å²) in [6, 6.07) is 5.99. The topological polar surface area (TPSA) is 95.3 Å². The van der Waals surface area contributed by atoms with E-state index in [0.717, 1.165) is 21.8 Å². The summed E-state index contributed by atoms with van der Waals surface area (Å²) in [5.41, 5.74) is 3.59. The van der Waals surface area contributed by atoms with Gasteiger partial charge in [0.15, 0.2) is 17.1 Å². The number of methoxy groups -OCH3 is 1. The first-order chi connectivity index (χ1) is 16.2. The van der Waals surface area contributed by atoms with Crippen molar-refractivity contribution in [2.75, 3.05) is 18.2 Å². The van der Waals surface area contributed by atoms with E-state index in [-0.39, 0.29) is 17.8 Å². The number of nitrogens with zero attached hydrogens (tertiary/aromatic N) is 3. The van der Waals surface area contributed by atoms with Gasteiger partial charge in [0, 0.05) is 11.4 Å². The molecule has 0 fully saturated rings. The minimum absolute atomic E-state index is 0.126. The first kappa shape index (κ1) is 25.8. The third kappa shape index (κ3) is 5.61. The number of hydrogen-bond acceptors (Lipinski definition) is 8. The number of benzene rings is 1. The molecule has 1 N–H and O–H groups in total. The molecule has 3 rings (SSSR count). The number of amides is 1. The molecule has 2 heterocycles. The van der Waals surface area contributed by atoms with Crippen molar-refractivity contribution >= 4 is 40.0 Å². The predicted molar refractivity (Wildman–Crippen MR) is 135 cm³/mol. The van der Waals surface area contributed by atoms with Crippen LogP contribution >= 0.6 is 23.1 Å². The van der Waals surface area contributed by atoms with Crippen LogP contribution in [0.2, 0.25) is 0 Å². The summed E-state index contributed by atoms with van der Waals surface area (Å²) in [6.07, 6.45) is -0.308. The van der Waals surface area contributed by atoms with Gasteiger partial charge in [-0.2, -0.15) is 0 Å². The molecule has 0 bridgehead atoms. The van der Waals surface area contributed by atoms with Gasteiger partial charge in [-0.25, -0.2) is 4.79 Å². The lowest BCUT2D eigenvalue weighted by Gasteiger charge is -2.16. The molecule has 1 aromatic carbocycles. The van der Waals surface area contributed by atoms with Gasteiger partial charge >= 0.3 is 5.97 Å². The van der Waals surface area contributed by atoms with E-state index in [4.69, 9.17) is 9.47 Å². The van der Waals surface area contributed by atoms with Crippen LogP contribution in [-0.4, -0.2) is 39.5 Å². The van der Waals surface area contributed by atoms with Gasteiger partial charge in [-0.05, 0) is 70.4 Å². The molecule has 10 heteroatoms. The van der Waals surface area contributed by atoms with Crippen molar-refractivity contribution in [1.82, 2.24) is 14.8 Å². The Balaban J connectivity index is 1.68. The van der Waals surface area contributed by atoms with E-state index in [1.807, 2.05) is 57.4 Å². The van der Waals surface area contributed by atoms with Crippen molar-refractivity contribution in [2.45, 2.75) is 59.3 Å². The zero-order valence-corrected chi connectivity index (χ0v) is 22.1. The summed E-state index contributed by atoms with van der Waals surface area (Å²) < 4.78 is 12.9. The summed E-state index contributed by atoms with van der Waals surface area (Å²) >= 11 is 2.65. The van der Waals surface area contributed by atoms with Crippen LogP contribution in [0.15, 0.2) is 23.4 Å². The highest BCUT2D eigenvalue weighted by molar-refractivity contribution is 7.99. The third-order valence-corrected chi connectivity index (χ3v) is 7.67. The quantitative estimate of drug-likeness (QED) is 0.315. The molecule has 0 spiro atoms. The Bertz CT molecular complexity index is 1200. The van der Waals surface area contributed by atoms with E-state index in [9.17, 15) is 9.59 Å². The smallest absolute Gasteiger partial charge is 0.341 e. The van der Waals surface area contributed by atoms with Gasteiger partial charge < -0.3 is 19.4 Å². The lowest BCUT2D eigenvalue weighted by Crippen LogP contribution is -2.17. The average Bonchev–Trinajstić information content (AvgIpc) is 3.34. The third-order valence-electron chi connectivity index (χ3n) is 5.58. The fourth-order valence-electron chi connectivity index (χ4n) is 3.40. The van der Waals surface area contributed by atoms with E-state index in [2.05, 4.69) is 22.4 Å². The lowest BCUT2D eigenvalue weighted by molar-refractivity contribution is -0.113. The number of thiophene rings is 1. The molecule has 0 saturated carbocycles. The fraction of sp³-hybridized carbons (Fsp3) is 0.417. The van der Waals surface area contributed by atoms with Gasteiger partial charge in [-0.1, -0.05) is 17.8 Å². The highest BCUT2D eigenvalue weighted by Crippen LogP contribution is 2.33. The summed E-state index contributed by atoms with van der Waals surface area (Å²) in [5.74, 6) is 0.904. The number of anilines is 1. The van der Waals surface area contributed by atoms with Crippen molar-refractivity contribution in [1.29, 1.82) is 0 Å². The highest BCUT2D eigenvalue weighted by Gasteiger charge is 2.23. The van der Waals surface area contributed by atoms with E-state index in [0.29, 0.717) is 28.1 Å². The van der Waals surface area contributed by atoms with Crippen LogP contribution in [0.5, 0.6) is 5.75 Å². The zero-order chi connectivity index (χ0) is 25.0. The molecule has 1 unspecified atom stereocenters. The number of esters is 1. The SMILES string of the molecule is CCn1c(SCC(=O)Nc2sc(C)c(C)c2C(=O)OC)nnc1C(C)Oc1ccc(C)c(C)c1.